The highest BCUT2D eigenvalue weighted by Crippen LogP contribution is 2.21. The standard InChI is InChI=1S/C20H17ClN2O3S/c1-14-4-2-5-15(12-14)20(24)22-18-6-3-7-19(13-18)27(25,26)23-17-10-8-16(21)9-11-17/h2-13,23H,1H3,(H,22,24). The summed E-state index contributed by atoms with van der Waals surface area (Å²) in [6.45, 7) is 1.90. The van der Waals surface area contributed by atoms with Crippen LogP contribution in [0.1, 0.15) is 15.9 Å². The Morgan fingerprint density at radius 3 is 2.30 bits per heavy atom. The van der Waals surface area contributed by atoms with Crippen molar-refractivity contribution < 1.29 is 13.2 Å². The van der Waals surface area contributed by atoms with Crippen molar-refractivity contribution in [1.29, 1.82) is 0 Å². The molecule has 27 heavy (non-hydrogen) atoms. The molecule has 0 unspecified atom stereocenters. The summed E-state index contributed by atoms with van der Waals surface area (Å²) in [6, 6.07) is 19.6. The van der Waals surface area contributed by atoms with Gasteiger partial charge >= 0.3 is 0 Å². The summed E-state index contributed by atoms with van der Waals surface area (Å²) in [4.78, 5) is 12.4. The first-order chi connectivity index (χ1) is 12.8. The zero-order valence-electron chi connectivity index (χ0n) is 14.4. The maximum Gasteiger partial charge on any atom is 0.261 e. The van der Waals surface area contributed by atoms with E-state index in [0.717, 1.165) is 5.56 Å². The number of anilines is 2. The molecule has 0 saturated heterocycles. The van der Waals surface area contributed by atoms with Crippen LogP contribution in [0.3, 0.4) is 0 Å². The van der Waals surface area contributed by atoms with Crippen molar-refractivity contribution in [3.05, 3.63) is 88.9 Å². The van der Waals surface area contributed by atoms with Gasteiger partial charge in [0.15, 0.2) is 0 Å². The van der Waals surface area contributed by atoms with Crippen LogP contribution in [-0.2, 0) is 10.0 Å². The number of rotatable bonds is 5. The molecule has 3 aromatic carbocycles. The molecule has 3 aromatic rings. The van der Waals surface area contributed by atoms with Crippen LogP contribution < -0.4 is 10.0 Å². The Morgan fingerprint density at radius 2 is 1.59 bits per heavy atom. The van der Waals surface area contributed by atoms with Crippen LogP contribution in [0.25, 0.3) is 0 Å². The minimum atomic E-state index is -3.80. The lowest BCUT2D eigenvalue weighted by Gasteiger charge is -2.10. The molecule has 0 aliphatic heterocycles. The molecule has 2 N–H and O–H groups in total. The van der Waals surface area contributed by atoms with Crippen LogP contribution in [0.5, 0.6) is 0 Å². The van der Waals surface area contributed by atoms with E-state index in [1.165, 1.54) is 12.1 Å². The van der Waals surface area contributed by atoms with E-state index in [1.54, 1.807) is 54.6 Å². The number of carbonyl (C=O) groups is 1. The largest absolute Gasteiger partial charge is 0.322 e. The van der Waals surface area contributed by atoms with Crippen LogP contribution in [0.4, 0.5) is 11.4 Å². The van der Waals surface area contributed by atoms with Crippen molar-refractivity contribution in [3.8, 4) is 0 Å². The fourth-order valence-corrected chi connectivity index (χ4v) is 3.69. The Bertz CT molecular complexity index is 1080. The zero-order valence-corrected chi connectivity index (χ0v) is 16.0. The third-order valence-electron chi connectivity index (χ3n) is 3.78. The summed E-state index contributed by atoms with van der Waals surface area (Å²) in [7, 11) is -3.80. The number of aryl methyl sites for hydroxylation is 1. The predicted molar refractivity (Wildman–Crippen MR) is 108 cm³/mol. The van der Waals surface area contributed by atoms with Crippen molar-refractivity contribution in [2.75, 3.05) is 10.0 Å². The van der Waals surface area contributed by atoms with E-state index in [4.69, 9.17) is 11.6 Å². The molecule has 0 radical (unpaired) electrons. The quantitative estimate of drug-likeness (QED) is 0.651. The van der Waals surface area contributed by atoms with Crippen molar-refractivity contribution >= 4 is 38.9 Å². The number of hydrogen-bond donors (Lipinski definition) is 2. The van der Waals surface area contributed by atoms with E-state index in [1.807, 2.05) is 13.0 Å². The molecule has 0 atom stereocenters. The van der Waals surface area contributed by atoms with E-state index < -0.39 is 10.0 Å². The highest BCUT2D eigenvalue weighted by atomic mass is 35.5. The first-order valence-electron chi connectivity index (χ1n) is 8.10. The van der Waals surface area contributed by atoms with Gasteiger partial charge in [0.05, 0.1) is 4.90 Å². The van der Waals surface area contributed by atoms with Crippen LogP contribution in [0.2, 0.25) is 5.02 Å². The molecule has 0 spiro atoms. The molecule has 3 rings (SSSR count). The first kappa shape index (κ1) is 18.9. The number of hydrogen-bond acceptors (Lipinski definition) is 3. The third-order valence-corrected chi connectivity index (χ3v) is 5.41. The second-order valence-electron chi connectivity index (χ2n) is 5.96. The van der Waals surface area contributed by atoms with Crippen LogP contribution in [0, 0.1) is 6.92 Å². The van der Waals surface area contributed by atoms with Crippen LogP contribution >= 0.6 is 11.6 Å². The van der Waals surface area contributed by atoms with Gasteiger partial charge in [-0.1, -0.05) is 35.4 Å². The van der Waals surface area contributed by atoms with Gasteiger partial charge in [0.1, 0.15) is 0 Å². The van der Waals surface area contributed by atoms with Crippen molar-refractivity contribution in [2.45, 2.75) is 11.8 Å². The minimum Gasteiger partial charge on any atom is -0.322 e. The van der Waals surface area contributed by atoms with Crippen LogP contribution in [0.15, 0.2) is 77.7 Å². The Kier molecular flexibility index (Phi) is 5.48. The van der Waals surface area contributed by atoms with Gasteiger partial charge in [0.2, 0.25) is 0 Å². The van der Waals surface area contributed by atoms with E-state index in [-0.39, 0.29) is 10.8 Å². The van der Waals surface area contributed by atoms with Gasteiger partial charge in [-0.25, -0.2) is 8.42 Å². The van der Waals surface area contributed by atoms with Gasteiger partial charge in [-0.05, 0) is 61.5 Å². The highest BCUT2D eigenvalue weighted by molar-refractivity contribution is 7.92. The summed E-state index contributed by atoms with van der Waals surface area (Å²) in [5.41, 5.74) is 2.25. The Hall–Kier alpha value is -2.83. The number of nitrogens with one attached hydrogen (secondary N) is 2. The van der Waals surface area contributed by atoms with Crippen molar-refractivity contribution in [2.24, 2.45) is 0 Å². The van der Waals surface area contributed by atoms with Gasteiger partial charge in [-0.15, -0.1) is 0 Å². The topological polar surface area (TPSA) is 75.3 Å². The average molecular weight is 401 g/mol. The van der Waals surface area contributed by atoms with Gasteiger partial charge in [0.25, 0.3) is 15.9 Å². The SMILES string of the molecule is Cc1cccc(C(=O)Nc2cccc(S(=O)(=O)Nc3ccc(Cl)cc3)c2)c1. The molecule has 0 fully saturated rings. The summed E-state index contributed by atoms with van der Waals surface area (Å²) in [5.74, 6) is -0.307. The van der Waals surface area contributed by atoms with Gasteiger partial charge in [-0.3, -0.25) is 9.52 Å². The normalized spacial score (nSPS) is 11.0. The number of halogens is 1. The first-order valence-corrected chi connectivity index (χ1v) is 9.96. The highest BCUT2D eigenvalue weighted by Gasteiger charge is 2.15. The Morgan fingerprint density at radius 1 is 0.889 bits per heavy atom. The maximum atomic E-state index is 12.6. The third kappa shape index (κ3) is 4.87. The Labute approximate surface area is 163 Å². The molecular formula is C20H17ClN2O3S. The molecule has 0 saturated carbocycles. The maximum absolute atomic E-state index is 12.6. The van der Waals surface area contributed by atoms with E-state index in [2.05, 4.69) is 10.0 Å². The summed E-state index contributed by atoms with van der Waals surface area (Å²) >= 11 is 5.81. The summed E-state index contributed by atoms with van der Waals surface area (Å²) in [6.07, 6.45) is 0. The van der Waals surface area contributed by atoms with Gasteiger partial charge in [0, 0.05) is 22.0 Å². The number of benzene rings is 3. The minimum absolute atomic E-state index is 0.0412. The molecule has 138 valence electrons. The molecule has 0 aromatic heterocycles. The monoisotopic (exact) mass is 400 g/mol. The predicted octanol–water partition coefficient (Wildman–Crippen LogP) is 4.70. The molecule has 0 aliphatic carbocycles. The van der Waals surface area contributed by atoms with E-state index >= 15 is 0 Å². The lowest BCUT2D eigenvalue weighted by atomic mass is 10.1. The summed E-state index contributed by atoms with van der Waals surface area (Å²) in [5, 5.41) is 3.23. The Balaban J connectivity index is 1.80. The number of sulfonamides is 1. The molecular weight excluding hydrogens is 384 g/mol. The molecule has 0 aliphatic rings. The second-order valence-corrected chi connectivity index (χ2v) is 8.08. The fourth-order valence-electron chi connectivity index (χ4n) is 2.46. The van der Waals surface area contributed by atoms with Crippen LogP contribution in [-0.4, -0.2) is 14.3 Å². The van der Waals surface area contributed by atoms with Gasteiger partial charge < -0.3 is 5.32 Å². The summed E-state index contributed by atoms with van der Waals surface area (Å²) < 4.78 is 27.6. The lowest BCUT2D eigenvalue weighted by molar-refractivity contribution is 0.102. The smallest absolute Gasteiger partial charge is 0.261 e. The molecule has 1 amide bonds. The average Bonchev–Trinajstić information content (AvgIpc) is 2.64. The lowest BCUT2D eigenvalue weighted by Crippen LogP contribution is -2.15. The second kappa shape index (κ2) is 7.82. The molecule has 5 nitrogen and oxygen atoms in total. The molecule has 0 heterocycles. The van der Waals surface area contributed by atoms with Crippen molar-refractivity contribution in [3.63, 3.8) is 0 Å². The number of carbonyl (C=O) groups excluding carboxylic acids is 1. The molecule has 7 heteroatoms. The molecule has 0 bridgehead atoms. The van der Waals surface area contributed by atoms with Crippen molar-refractivity contribution in [1.82, 2.24) is 0 Å². The number of amides is 1. The van der Waals surface area contributed by atoms with E-state index in [9.17, 15) is 13.2 Å². The van der Waals surface area contributed by atoms with E-state index in [0.29, 0.717) is 22.0 Å². The van der Waals surface area contributed by atoms with Gasteiger partial charge in [-0.2, -0.15) is 0 Å². The fraction of sp³-hybridized carbons (Fsp3) is 0.0500. The zero-order chi connectivity index (χ0) is 19.4.